The lowest BCUT2D eigenvalue weighted by Crippen LogP contribution is -2.21. The van der Waals surface area contributed by atoms with Crippen molar-refractivity contribution >= 4 is 28.9 Å². The predicted molar refractivity (Wildman–Crippen MR) is 96.8 cm³/mol. The molecule has 23 heavy (non-hydrogen) atoms. The minimum Gasteiger partial charge on any atom is -0.369 e. The van der Waals surface area contributed by atoms with Crippen molar-refractivity contribution in [1.82, 2.24) is 0 Å². The number of rotatable bonds is 3. The summed E-state index contributed by atoms with van der Waals surface area (Å²) < 4.78 is 0. The van der Waals surface area contributed by atoms with Gasteiger partial charge in [-0.15, -0.1) is 0 Å². The van der Waals surface area contributed by atoms with Gasteiger partial charge in [-0.05, 0) is 62.1 Å². The van der Waals surface area contributed by atoms with Crippen LogP contribution < -0.4 is 10.2 Å². The maximum Gasteiger partial charge on any atom is 0.255 e. The zero-order valence-electron chi connectivity index (χ0n) is 13.5. The summed E-state index contributed by atoms with van der Waals surface area (Å²) in [6.45, 7) is 6.02. The van der Waals surface area contributed by atoms with Crippen molar-refractivity contribution in [3.63, 3.8) is 0 Å². The molecule has 1 heterocycles. The van der Waals surface area contributed by atoms with E-state index in [1.54, 1.807) is 0 Å². The van der Waals surface area contributed by atoms with E-state index in [0.29, 0.717) is 10.6 Å². The number of aryl methyl sites for hydroxylation is 2. The maximum absolute atomic E-state index is 12.6. The number of halogens is 1. The topological polar surface area (TPSA) is 32.3 Å². The molecule has 120 valence electrons. The molecule has 0 radical (unpaired) electrons. The summed E-state index contributed by atoms with van der Waals surface area (Å²) in [6.07, 6.45) is 2.32. The van der Waals surface area contributed by atoms with Gasteiger partial charge in [-0.3, -0.25) is 4.79 Å². The third-order valence-electron chi connectivity index (χ3n) is 4.43. The summed E-state index contributed by atoms with van der Waals surface area (Å²) in [7, 11) is 0. The average molecular weight is 329 g/mol. The van der Waals surface area contributed by atoms with Crippen molar-refractivity contribution in [1.29, 1.82) is 0 Å². The Morgan fingerprint density at radius 2 is 1.83 bits per heavy atom. The van der Waals surface area contributed by atoms with Gasteiger partial charge in [0.2, 0.25) is 0 Å². The molecule has 4 heteroatoms. The molecule has 0 aliphatic carbocycles. The van der Waals surface area contributed by atoms with Gasteiger partial charge in [-0.2, -0.15) is 0 Å². The average Bonchev–Trinajstić information content (AvgIpc) is 3.04. The molecule has 0 bridgehead atoms. The van der Waals surface area contributed by atoms with Crippen molar-refractivity contribution in [2.45, 2.75) is 26.7 Å². The van der Waals surface area contributed by atoms with Crippen LogP contribution in [0, 0.1) is 13.8 Å². The predicted octanol–water partition coefficient (Wildman–Crippen LogP) is 4.81. The van der Waals surface area contributed by atoms with E-state index in [4.69, 9.17) is 11.6 Å². The normalized spacial score (nSPS) is 14.1. The first-order valence-corrected chi connectivity index (χ1v) is 8.36. The molecule has 3 rings (SSSR count). The van der Waals surface area contributed by atoms with Crippen molar-refractivity contribution in [2.24, 2.45) is 0 Å². The molecular weight excluding hydrogens is 308 g/mol. The second-order valence-electron chi connectivity index (χ2n) is 6.08. The van der Waals surface area contributed by atoms with Gasteiger partial charge >= 0.3 is 0 Å². The van der Waals surface area contributed by atoms with E-state index in [-0.39, 0.29) is 5.91 Å². The number of para-hydroxylation sites is 1. The minimum atomic E-state index is -0.101. The van der Waals surface area contributed by atoms with Gasteiger partial charge < -0.3 is 10.2 Å². The molecule has 1 amide bonds. The van der Waals surface area contributed by atoms with Gasteiger partial charge in [0.25, 0.3) is 5.91 Å². The molecule has 1 aliphatic rings. The summed E-state index contributed by atoms with van der Waals surface area (Å²) in [5, 5.41) is 3.71. The second kappa shape index (κ2) is 6.63. The van der Waals surface area contributed by atoms with Crippen LogP contribution in [0.1, 0.15) is 34.3 Å². The molecule has 0 spiro atoms. The molecule has 3 nitrogen and oxygen atoms in total. The second-order valence-corrected chi connectivity index (χ2v) is 6.49. The van der Waals surface area contributed by atoms with Gasteiger partial charge in [0.15, 0.2) is 0 Å². The summed E-state index contributed by atoms with van der Waals surface area (Å²) in [5.74, 6) is -0.101. The molecular formula is C19H21ClN2O. The van der Waals surface area contributed by atoms with Crippen LogP contribution in [0.15, 0.2) is 36.4 Å². The molecule has 2 aromatic rings. The van der Waals surface area contributed by atoms with Crippen molar-refractivity contribution < 1.29 is 4.79 Å². The number of amides is 1. The van der Waals surface area contributed by atoms with E-state index in [0.717, 1.165) is 42.9 Å². The summed E-state index contributed by atoms with van der Waals surface area (Å²) in [4.78, 5) is 14.8. The Morgan fingerprint density at radius 1 is 1.09 bits per heavy atom. The highest BCUT2D eigenvalue weighted by Gasteiger charge is 2.20. The van der Waals surface area contributed by atoms with Crippen molar-refractivity contribution in [3.8, 4) is 0 Å². The lowest BCUT2D eigenvalue weighted by Gasteiger charge is -2.23. The van der Waals surface area contributed by atoms with Gasteiger partial charge in [0.1, 0.15) is 0 Å². The number of nitrogens with one attached hydrogen (secondary N) is 1. The van der Waals surface area contributed by atoms with Crippen LogP contribution in [-0.4, -0.2) is 19.0 Å². The lowest BCUT2D eigenvalue weighted by molar-refractivity contribution is 0.102. The van der Waals surface area contributed by atoms with Gasteiger partial charge in [-0.25, -0.2) is 0 Å². The standard InChI is InChI=1S/C19H21ClN2O/c1-13-8-9-15(12-14(13)2)19(23)21-17-7-5-6-16(20)18(17)22-10-3-4-11-22/h5-9,12H,3-4,10-11H2,1-2H3,(H,21,23). The molecule has 1 fully saturated rings. The van der Waals surface area contributed by atoms with E-state index >= 15 is 0 Å². The zero-order chi connectivity index (χ0) is 16.4. The van der Waals surface area contributed by atoms with Crippen molar-refractivity contribution in [3.05, 3.63) is 58.1 Å². The Balaban J connectivity index is 1.88. The van der Waals surface area contributed by atoms with Crippen LogP contribution in [0.25, 0.3) is 0 Å². The Morgan fingerprint density at radius 3 is 2.52 bits per heavy atom. The molecule has 2 aromatic carbocycles. The van der Waals surface area contributed by atoms with E-state index in [1.165, 1.54) is 5.56 Å². The fourth-order valence-corrected chi connectivity index (χ4v) is 3.25. The number of carbonyl (C=O) groups is 1. The Bertz CT molecular complexity index is 736. The van der Waals surface area contributed by atoms with Crippen LogP contribution in [0.4, 0.5) is 11.4 Å². The number of carbonyl (C=O) groups excluding carboxylic acids is 1. The van der Waals surface area contributed by atoms with Crippen LogP contribution >= 0.6 is 11.6 Å². The Hall–Kier alpha value is -2.00. The van der Waals surface area contributed by atoms with E-state index in [9.17, 15) is 4.79 Å². The van der Waals surface area contributed by atoms with Gasteiger partial charge in [0.05, 0.1) is 16.4 Å². The first kappa shape index (κ1) is 15.9. The number of hydrogen-bond acceptors (Lipinski definition) is 2. The fraction of sp³-hybridized carbons (Fsp3) is 0.316. The number of benzene rings is 2. The quantitative estimate of drug-likeness (QED) is 0.877. The smallest absolute Gasteiger partial charge is 0.255 e. The Kier molecular flexibility index (Phi) is 4.58. The third-order valence-corrected chi connectivity index (χ3v) is 4.73. The monoisotopic (exact) mass is 328 g/mol. The highest BCUT2D eigenvalue weighted by molar-refractivity contribution is 6.34. The minimum absolute atomic E-state index is 0.101. The van der Waals surface area contributed by atoms with Crippen LogP contribution in [0.2, 0.25) is 5.02 Å². The molecule has 1 saturated heterocycles. The molecule has 0 aromatic heterocycles. The summed E-state index contributed by atoms with van der Waals surface area (Å²) in [6, 6.07) is 11.4. The van der Waals surface area contributed by atoms with Gasteiger partial charge in [-0.1, -0.05) is 23.7 Å². The number of anilines is 2. The highest BCUT2D eigenvalue weighted by Crippen LogP contribution is 2.36. The lowest BCUT2D eigenvalue weighted by atomic mass is 10.1. The van der Waals surface area contributed by atoms with Crippen LogP contribution in [-0.2, 0) is 0 Å². The molecule has 0 unspecified atom stereocenters. The first-order chi connectivity index (χ1) is 11.1. The number of nitrogens with zero attached hydrogens (tertiary/aromatic N) is 1. The first-order valence-electron chi connectivity index (χ1n) is 7.98. The van der Waals surface area contributed by atoms with E-state index in [1.807, 2.05) is 50.2 Å². The third kappa shape index (κ3) is 3.35. The molecule has 1 aliphatic heterocycles. The van der Waals surface area contributed by atoms with Crippen LogP contribution in [0.5, 0.6) is 0 Å². The SMILES string of the molecule is Cc1ccc(C(=O)Nc2cccc(Cl)c2N2CCCC2)cc1C. The summed E-state index contributed by atoms with van der Waals surface area (Å²) in [5.41, 5.74) is 4.68. The van der Waals surface area contributed by atoms with Crippen LogP contribution in [0.3, 0.4) is 0 Å². The molecule has 1 N–H and O–H groups in total. The van der Waals surface area contributed by atoms with Gasteiger partial charge in [0, 0.05) is 18.7 Å². The van der Waals surface area contributed by atoms with Crippen molar-refractivity contribution in [2.75, 3.05) is 23.3 Å². The molecule has 0 saturated carbocycles. The molecule has 0 atom stereocenters. The number of hydrogen-bond donors (Lipinski definition) is 1. The van der Waals surface area contributed by atoms with E-state index < -0.39 is 0 Å². The largest absolute Gasteiger partial charge is 0.369 e. The maximum atomic E-state index is 12.6. The zero-order valence-corrected chi connectivity index (χ0v) is 14.3. The fourth-order valence-electron chi connectivity index (χ4n) is 2.96. The highest BCUT2D eigenvalue weighted by atomic mass is 35.5. The summed E-state index contributed by atoms with van der Waals surface area (Å²) >= 11 is 6.39. The Labute approximate surface area is 142 Å². The van der Waals surface area contributed by atoms with E-state index in [2.05, 4.69) is 10.2 Å².